The molecule has 1 fully saturated rings. The van der Waals surface area contributed by atoms with Gasteiger partial charge in [0.2, 0.25) is 0 Å². The number of carbonyl (C=O) groups is 2. The lowest BCUT2D eigenvalue weighted by molar-refractivity contribution is 0.0594. The Bertz CT molecular complexity index is 808. The highest BCUT2D eigenvalue weighted by molar-refractivity contribution is 7.09. The summed E-state index contributed by atoms with van der Waals surface area (Å²) in [7, 11) is 1.31. The van der Waals surface area contributed by atoms with Gasteiger partial charge in [0.15, 0.2) is 5.69 Å². The number of hydrogen-bond acceptors (Lipinski definition) is 5. The topological polar surface area (TPSA) is 71.5 Å². The van der Waals surface area contributed by atoms with Gasteiger partial charge in [-0.1, -0.05) is 29.3 Å². The Kier molecular flexibility index (Phi) is 5.46. The summed E-state index contributed by atoms with van der Waals surface area (Å²) in [5.74, 6) is -0.490. The number of halogens is 2. The highest BCUT2D eigenvalue weighted by Gasteiger charge is 2.33. The molecule has 0 unspecified atom stereocenters. The molecule has 0 aliphatic heterocycles. The molecule has 1 N–H and O–H groups in total. The van der Waals surface area contributed by atoms with Crippen LogP contribution in [0.25, 0.3) is 0 Å². The van der Waals surface area contributed by atoms with E-state index in [1.54, 1.807) is 28.5 Å². The number of nitrogens with one attached hydrogen (secondary N) is 1. The summed E-state index contributed by atoms with van der Waals surface area (Å²) in [4.78, 5) is 30.1. The van der Waals surface area contributed by atoms with Gasteiger partial charge in [0, 0.05) is 11.4 Å². The van der Waals surface area contributed by atoms with Gasteiger partial charge in [-0.05, 0) is 25.0 Å². The van der Waals surface area contributed by atoms with Crippen LogP contribution in [-0.4, -0.2) is 35.0 Å². The molecule has 132 valence electrons. The minimum Gasteiger partial charge on any atom is -0.464 e. The van der Waals surface area contributed by atoms with Gasteiger partial charge in [-0.2, -0.15) is 0 Å². The Hall–Kier alpha value is -1.83. The van der Waals surface area contributed by atoms with Gasteiger partial charge in [0.05, 0.1) is 29.4 Å². The molecule has 1 aromatic heterocycles. The number of amides is 2. The second-order valence-electron chi connectivity index (χ2n) is 5.51. The SMILES string of the molecule is COC(=O)c1csc(CN(C(=O)Nc2cccc(Cl)c2Cl)C2CC2)n1. The van der Waals surface area contributed by atoms with Gasteiger partial charge < -0.3 is 15.0 Å². The number of thiazole rings is 1. The first-order valence-corrected chi connectivity index (χ1v) is 9.17. The zero-order valence-electron chi connectivity index (χ0n) is 13.3. The third-order valence-corrected chi connectivity index (χ3v) is 5.35. The number of methoxy groups -OCH3 is 1. The van der Waals surface area contributed by atoms with E-state index in [4.69, 9.17) is 23.2 Å². The number of anilines is 1. The lowest BCUT2D eigenvalue weighted by Crippen LogP contribution is -2.36. The van der Waals surface area contributed by atoms with Crippen LogP contribution in [0.2, 0.25) is 10.0 Å². The van der Waals surface area contributed by atoms with Crippen molar-refractivity contribution in [3.05, 3.63) is 44.3 Å². The maximum absolute atomic E-state index is 12.7. The van der Waals surface area contributed by atoms with E-state index in [1.165, 1.54) is 18.4 Å². The molecular weight excluding hydrogens is 385 g/mol. The molecule has 0 saturated heterocycles. The lowest BCUT2D eigenvalue weighted by atomic mass is 10.3. The van der Waals surface area contributed by atoms with Crippen LogP contribution in [0, 0.1) is 0 Å². The smallest absolute Gasteiger partial charge is 0.357 e. The average molecular weight is 400 g/mol. The summed E-state index contributed by atoms with van der Waals surface area (Å²) in [6, 6.07) is 4.94. The van der Waals surface area contributed by atoms with E-state index in [-0.39, 0.29) is 17.8 Å². The van der Waals surface area contributed by atoms with Crippen molar-refractivity contribution in [3.63, 3.8) is 0 Å². The number of esters is 1. The number of ether oxygens (including phenoxy) is 1. The third kappa shape index (κ3) is 4.23. The van der Waals surface area contributed by atoms with Crippen LogP contribution in [0.5, 0.6) is 0 Å². The van der Waals surface area contributed by atoms with Crippen LogP contribution in [0.3, 0.4) is 0 Å². The van der Waals surface area contributed by atoms with Crippen LogP contribution in [0.15, 0.2) is 23.6 Å². The summed E-state index contributed by atoms with van der Waals surface area (Å²) in [6.07, 6.45) is 1.87. The first-order valence-electron chi connectivity index (χ1n) is 7.54. The second kappa shape index (κ2) is 7.59. The minimum absolute atomic E-state index is 0.156. The molecule has 0 bridgehead atoms. The van der Waals surface area contributed by atoms with E-state index >= 15 is 0 Å². The Morgan fingerprint density at radius 2 is 2.16 bits per heavy atom. The number of nitrogens with zero attached hydrogens (tertiary/aromatic N) is 2. The van der Waals surface area contributed by atoms with Crippen LogP contribution in [-0.2, 0) is 11.3 Å². The number of rotatable bonds is 5. The van der Waals surface area contributed by atoms with Crippen LogP contribution in [0.1, 0.15) is 28.3 Å². The molecule has 1 aliphatic carbocycles. The molecule has 25 heavy (non-hydrogen) atoms. The number of aromatic nitrogens is 1. The van der Waals surface area contributed by atoms with Gasteiger partial charge in [0.25, 0.3) is 0 Å². The monoisotopic (exact) mass is 399 g/mol. The maximum Gasteiger partial charge on any atom is 0.357 e. The number of benzene rings is 1. The van der Waals surface area contributed by atoms with Crippen LogP contribution >= 0.6 is 34.5 Å². The number of urea groups is 1. The van der Waals surface area contributed by atoms with Crippen molar-refractivity contribution in [2.75, 3.05) is 12.4 Å². The molecule has 9 heteroatoms. The van der Waals surface area contributed by atoms with Crippen molar-refractivity contribution in [1.82, 2.24) is 9.88 Å². The minimum atomic E-state index is -0.490. The van der Waals surface area contributed by atoms with Crippen molar-refractivity contribution >= 4 is 52.2 Å². The summed E-state index contributed by atoms with van der Waals surface area (Å²) in [5.41, 5.74) is 0.704. The van der Waals surface area contributed by atoms with E-state index in [9.17, 15) is 9.59 Å². The van der Waals surface area contributed by atoms with Crippen molar-refractivity contribution in [2.45, 2.75) is 25.4 Å². The summed E-state index contributed by atoms with van der Waals surface area (Å²) >= 11 is 13.4. The van der Waals surface area contributed by atoms with Gasteiger partial charge in [0.1, 0.15) is 5.01 Å². The van der Waals surface area contributed by atoms with Crippen molar-refractivity contribution in [2.24, 2.45) is 0 Å². The molecule has 3 rings (SSSR count). The molecular formula is C16H15Cl2N3O3S. The fourth-order valence-corrected chi connectivity index (χ4v) is 3.38. The maximum atomic E-state index is 12.7. The molecule has 1 aliphatic rings. The third-order valence-electron chi connectivity index (χ3n) is 3.69. The molecule has 1 heterocycles. The molecule has 2 amide bonds. The Morgan fingerprint density at radius 3 is 2.84 bits per heavy atom. The second-order valence-corrected chi connectivity index (χ2v) is 7.24. The zero-order valence-corrected chi connectivity index (χ0v) is 15.6. The van der Waals surface area contributed by atoms with E-state index in [1.807, 2.05) is 0 Å². The standard InChI is InChI=1S/C16H15Cl2N3O3S/c1-24-15(22)12-8-25-13(19-12)7-21(9-5-6-9)16(23)20-11-4-2-3-10(17)14(11)18/h2-4,8-9H,5-7H2,1H3,(H,20,23). The van der Waals surface area contributed by atoms with Crippen molar-refractivity contribution < 1.29 is 14.3 Å². The van der Waals surface area contributed by atoms with E-state index in [0.717, 1.165) is 12.8 Å². The first kappa shape index (κ1) is 18.0. The molecule has 2 aromatic rings. The predicted octanol–water partition coefficient (Wildman–Crippen LogP) is 4.43. The average Bonchev–Trinajstić information content (AvgIpc) is 3.33. The van der Waals surface area contributed by atoms with Gasteiger partial charge in [-0.25, -0.2) is 14.6 Å². The summed E-state index contributed by atoms with van der Waals surface area (Å²) in [6.45, 7) is 0.316. The predicted molar refractivity (Wildman–Crippen MR) is 97.5 cm³/mol. The molecule has 0 atom stereocenters. The largest absolute Gasteiger partial charge is 0.464 e. The molecule has 1 saturated carbocycles. The van der Waals surface area contributed by atoms with E-state index < -0.39 is 5.97 Å². The Labute approximate surface area is 158 Å². The van der Waals surface area contributed by atoms with Gasteiger partial charge in [-0.3, -0.25) is 0 Å². The van der Waals surface area contributed by atoms with Crippen molar-refractivity contribution in [1.29, 1.82) is 0 Å². The molecule has 1 aromatic carbocycles. The number of carbonyl (C=O) groups excluding carboxylic acids is 2. The normalized spacial score (nSPS) is 13.4. The van der Waals surface area contributed by atoms with E-state index in [0.29, 0.717) is 27.3 Å². The quantitative estimate of drug-likeness (QED) is 0.754. The Balaban J connectivity index is 1.73. The lowest BCUT2D eigenvalue weighted by Gasteiger charge is -2.22. The van der Waals surface area contributed by atoms with Crippen molar-refractivity contribution in [3.8, 4) is 0 Å². The highest BCUT2D eigenvalue weighted by Crippen LogP contribution is 2.32. The first-order chi connectivity index (χ1) is 12.0. The molecule has 0 radical (unpaired) electrons. The molecule has 6 nitrogen and oxygen atoms in total. The van der Waals surface area contributed by atoms with Crippen LogP contribution in [0.4, 0.5) is 10.5 Å². The summed E-state index contributed by atoms with van der Waals surface area (Å²) < 4.78 is 4.65. The summed E-state index contributed by atoms with van der Waals surface area (Å²) in [5, 5.41) is 5.76. The fourth-order valence-electron chi connectivity index (χ4n) is 2.27. The highest BCUT2D eigenvalue weighted by atomic mass is 35.5. The zero-order chi connectivity index (χ0) is 18.0. The number of hydrogen-bond donors (Lipinski definition) is 1. The van der Waals surface area contributed by atoms with Gasteiger partial charge >= 0.3 is 12.0 Å². The molecule has 0 spiro atoms. The van der Waals surface area contributed by atoms with Crippen LogP contribution < -0.4 is 5.32 Å². The van der Waals surface area contributed by atoms with E-state index in [2.05, 4.69) is 15.0 Å². The fraction of sp³-hybridized carbons (Fsp3) is 0.312. The Morgan fingerprint density at radius 1 is 1.40 bits per heavy atom. The van der Waals surface area contributed by atoms with Gasteiger partial charge in [-0.15, -0.1) is 11.3 Å².